The van der Waals surface area contributed by atoms with Crippen LogP contribution in [0.2, 0.25) is 0 Å². The molecular weight excluding hydrogens is 358 g/mol. The molecule has 1 aromatic carbocycles. The van der Waals surface area contributed by atoms with Gasteiger partial charge in [0.05, 0.1) is 38.8 Å². The Morgan fingerprint density at radius 2 is 1.75 bits per heavy atom. The Labute approximate surface area is 164 Å². The minimum absolute atomic E-state index is 0.0394. The molecule has 0 aliphatic rings. The van der Waals surface area contributed by atoms with Gasteiger partial charge in [-0.15, -0.1) is 0 Å². The van der Waals surface area contributed by atoms with E-state index in [1.807, 2.05) is 20.8 Å². The van der Waals surface area contributed by atoms with Crippen LogP contribution < -0.4 is 14.2 Å². The largest absolute Gasteiger partial charge is 0.493 e. The van der Waals surface area contributed by atoms with Gasteiger partial charge in [-0.2, -0.15) is 0 Å². The fourth-order valence-corrected chi connectivity index (χ4v) is 2.96. The monoisotopic (exact) mass is 383 g/mol. The van der Waals surface area contributed by atoms with Gasteiger partial charge >= 0.3 is 0 Å². The van der Waals surface area contributed by atoms with Crippen LogP contribution in [0.3, 0.4) is 0 Å². The second-order valence-corrected chi connectivity index (χ2v) is 7.14. The first-order valence-corrected chi connectivity index (χ1v) is 9.05. The molecule has 1 N–H and O–H groups in total. The first-order chi connectivity index (χ1) is 13.4. The highest BCUT2D eigenvalue weighted by Crippen LogP contribution is 2.41. The van der Waals surface area contributed by atoms with Gasteiger partial charge in [0, 0.05) is 17.2 Å². The number of nitrogens with zero attached hydrogens (tertiary/aromatic N) is 2. The van der Waals surface area contributed by atoms with Crippen LogP contribution in [0.1, 0.15) is 37.6 Å². The molecule has 0 amide bonds. The van der Waals surface area contributed by atoms with Gasteiger partial charge in [0.2, 0.25) is 5.75 Å². The van der Waals surface area contributed by atoms with Gasteiger partial charge in [-0.1, -0.05) is 20.8 Å². The summed E-state index contributed by atoms with van der Waals surface area (Å²) < 4.78 is 16.2. The number of aromatic nitrogens is 3. The first kappa shape index (κ1) is 19.7. The highest BCUT2D eigenvalue weighted by atomic mass is 16.5. The van der Waals surface area contributed by atoms with Crippen molar-refractivity contribution in [2.45, 2.75) is 27.2 Å². The smallest absolute Gasteiger partial charge is 0.203 e. The van der Waals surface area contributed by atoms with Gasteiger partial charge in [-0.3, -0.25) is 4.79 Å². The van der Waals surface area contributed by atoms with Crippen LogP contribution in [0.15, 0.2) is 24.5 Å². The Morgan fingerprint density at radius 3 is 2.29 bits per heavy atom. The van der Waals surface area contributed by atoms with Gasteiger partial charge in [0.1, 0.15) is 5.52 Å². The third-order valence-corrected chi connectivity index (χ3v) is 5.08. The van der Waals surface area contributed by atoms with Crippen molar-refractivity contribution < 1.29 is 19.0 Å². The van der Waals surface area contributed by atoms with E-state index in [0.717, 1.165) is 12.0 Å². The van der Waals surface area contributed by atoms with E-state index in [-0.39, 0.29) is 5.78 Å². The standard InChI is InChI=1S/C21H25N3O4/c1-7-21(2,3)19(25)13-10-22-20-17(13)24-14(11-23-20)12-8-15(26-4)18(28-6)16(9-12)27-5/h8-11H,7H2,1-6H3,(H,22,23). The lowest BCUT2D eigenvalue weighted by molar-refractivity contribution is 0.0834. The maximum absolute atomic E-state index is 13.0. The number of aromatic amines is 1. The summed E-state index contributed by atoms with van der Waals surface area (Å²) in [6.45, 7) is 5.87. The molecule has 148 valence electrons. The summed E-state index contributed by atoms with van der Waals surface area (Å²) >= 11 is 0. The normalized spacial score (nSPS) is 11.5. The molecule has 2 heterocycles. The number of rotatable bonds is 7. The Hall–Kier alpha value is -3.09. The molecular formula is C21H25N3O4. The van der Waals surface area contributed by atoms with Crippen molar-refractivity contribution in [3.05, 3.63) is 30.1 Å². The lowest BCUT2D eigenvalue weighted by Gasteiger charge is -2.20. The van der Waals surface area contributed by atoms with Gasteiger partial charge in [0.15, 0.2) is 22.9 Å². The van der Waals surface area contributed by atoms with Gasteiger partial charge in [-0.05, 0) is 18.6 Å². The van der Waals surface area contributed by atoms with Crippen LogP contribution in [0.4, 0.5) is 0 Å². The van der Waals surface area contributed by atoms with Crippen molar-refractivity contribution in [1.82, 2.24) is 15.0 Å². The van der Waals surface area contributed by atoms with E-state index >= 15 is 0 Å². The van der Waals surface area contributed by atoms with E-state index < -0.39 is 5.41 Å². The number of H-pyrrole nitrogens is 1. The lowest BCUT2D eigenvalue weighted by atomic mass is 9.82. The number of nitrogens with one attached hydrogen (secondary N) is 1. The average molecular weight is 383 g/mol. The zero-order valence-corrected chi connectivity index (χ0v) is 17.0. The van der Waals surface area contributed by atoms with E-state index in [1.54, 1.807) is 45.9 Å². The van der Waals surface area contributed by atoms with Crippen molar-refractivity contribution in [3.8, 4) is 28.5 Å². The number of fused-ring (bicyclic) bond motifs is 1. The van der Waals surface area contributed by atoms with Crippen LogP contribution in [0, 0.1) is 5.41 Å². The molecule has 0 aliphatic carbocycles. The number of methoxy groups -OCH3 is 3. The summed E-state index contributed by atoms with van der Waals surface area (Å²) in [5, 5.41) is 0. The van der Waals surface area contributed by atoms with Crippen molar-refractivity contribution in [2.24, 2.45) is 5.41 Å². The van der Waals surface area contributed by atoms with E-state index in [2.05, 4.69) is 9.97 Å². The molecule has 0 aliphatic heterocycles. The summed E-state index contributed by atoms with van der Waals surface area (Å²) in [6.07, 6.45) is 4.07. The second kappa shape index (κ2) is 7.50. The number of carbonyl (C=O) groups excluding carboxylic acids is 1. The Morgan fingerprint density at radius 1 is 1.11 bits per heavy atom. The third kappa shape index (κ3) is 3.28. The molecule has 28 heavy (non-hydrogen) atoms. The Balaban J connectivity index is 2.15. The van der Waals surface area contributed by atoms with Crippen molar-refractivity contribution in [2.75, 3.05) is 21.3 Å². The number of hydrogen-bond acceptors (Lipinski definition) is 6. The topological polar surface area (TPSA) is 86.3 Å². The van der Waals surface area contributed by atoms with Gasteiger partial charge < -0.3 is 19.2 Å². The minimum Gasteiger partial charge on any atom is -0.493 e. The zero-order valence-electron chi connectivity index (χ0n) is 17.0. The van der Waals surface area contributed by atoms with Gasteiger partial charge in [0.25, 0.3) is 0 Å². The Bertz CT molecular complexity index is 999. The molecule has 0 unspecified atom stereocenters. The lowest BCUT2D eigenvalue weighted by Crippen LogP contribution is -2.23. The molecule has 0 bridgehead atoms. The maximum Gasteiger partial charge on any atom is 0.203 e. The van der Waals surface area contributed by atoms with Crippen molar-refractivity contribution in [1.29, 1.82) is 0 Å². The average Bonchev–Trinajstić information content (AvgIpc) is 3.14. The van der Waals surface area contributed by atoms with Gasteiger partial charge in [-0.25, -0.2) is 9.97 Å². The SMILES string of the molecule is CCC(C)(C)C(=O)c1c[nH]c2ncc(-c3cc(OC)c(OC)c(OC)c3)nc12. The number of ketones is 1. The molecule has 0 saturated heterocycles. The third-order valence-electron chi connectivity index (χ3n) is 5.08. The molecule has 7 heteroatoms. The van der Waals surface area contributed by atoms with Crippen LogP contribution in [-0.4, -0.2) is 42.1 Å². The summed E-state index contributed by atoms with van der Waals surface area (Å²) in [5.41, 5.74) is 2.56. The molecule has 7 nitrogen and oxygen atoms in total. The molecule has 0 fully saturated rings. The summed E-state index contributed by atoms with van der Waals surface area (Å²) in [6, 6.07) is 3.61. The minimum atomic E-state index is -0.473. The van der Waals surface area contributed by atoms with Crippen LogP contribution in [0.25, 0.3) is 22.4 Å². The first-order valence-electron chi connectivity index (χ1n) is 9.05. The highest BCUT2D eigenvalue weighted by molar-refractivity contribution is 6.08. The predicted molar refractivity (Wildman–Crippen MR) is 107 cm³/mol. The fourth-order valence-electron chi connectivity index (χ4n) is 2.96. The second-order valence-electron chi connectivity index (χ2n) is 7.14. The summed E-state index contributed by atoms with van der Waals surface area (Å²) in [5.74, 6) is 1.59. The molecule has 3 rings (SSSR count). The van der Waals surface area contributed by atoms with Crippen molar-refractivity contribution in [3.63, 3.8) is 0 Å². The molecule has 0 atom stereocenters. The number of benzene rings is 1. The quantitative estimate of drug-likeness (QED) is 0.613. The van der Waals surface area contributed by atoms with E-state index in [1.165, 1.54) is 0 Å². The molecule has 0 radical (unpaired) electrons. The molecule has 2 aromatic heterocycles. The van der Waals surface area contributed by atoms with Crippen LogP contribution in [0.5, 0.6) is 17.2 Å². The summed E-state index contributed by atoms with van der Waals surface area (Å²) in [7, 11) is 4.68. The summed E-state index contributed by atoms with van der Waals surface area (Å²) in [4.78, 5) is 25.2. The predicted octanol–water partition coefficient (Wildman–Crippen LogP) is 4.27. The van der Waals surface area contributed by atoms with E-state index in [9.17, 15) is 4.79 Å². The number of ether oxygens (including phenoxy) is 3. The number of Topliss-reactive ketones (excluding diaryl/α,β-unsaturated/α-hetero) is 1. The molecule has 0 saturated carbocycles. The molecule has 0 spiro atoms. The maximum atomic E-state index is 13.0. The Kier molecular flexibility index (Phi) is 5.27. The van der Waals surface area contributed by atoms with E-state index in [0.29, 0.717) is 39.7 Å². The number of hydrogen-bond donors (Lipinski definition) is 1. The number of carbonyl (C=O) groups is 1. The van der Waals surface area contributed by atoms with Crippen LogP contribution in [-0.2, 0) is 0 Å². The fraction of sp³-hybridized carbons (Fsp3) is 0.381. The highest BCUT2D eigenvalue weighted by Gasteiger charge is 2.29. The van der Waals surface area contributed by atoms with Crippen LogP contribution >= 0.6 is 0 Å². The molecule has 3 aromatic rings. The van der Waals surface area contributed by atoms with E-state index in [4.69, 9.17) is 19.2 Å². The van der Waals surface area contributed by atoms with Crippen molar-refractivity contribution >= 4 is 16.9 Å². The zero-order chi connectivity index (χ0) is 20.5.